The summed E-state index contributed by atoms with van der Waals surface area (Å²) in [6.07, 6.45) is 0. The number of aromatic nitrogens is 1. The number of rotatable bonds is 5. The van der Waals surface area contributed by atoms with E-state index in [1.54, 1.807) is 19.2 Å². The van der Waals surface area contributed by atoms with Gasteiger partial charge in [0.15, 0.2) is 0 Å². The van der Waals surface area contributed by atoms with E-state index in [9.17, 15) is 9.18 Å². The molecule has 0 radical (unpaired) electrons. The van der Waals surface area contributed by atoms with Crippen molar-refractivity contribution >= 4 is 43.6 Å². The molecule has 5 rings (SSSR count). The average molecular weight is 503 g/mol. The number of carbonyl (C=O) groups is 1. The van der Waals surface area contributed by atoms with E-state index in [1.165, 1.54) is 12.1 Å². The highest BCUT2D eigenvalue weighted by atomic mass is 79.9. The van der Waals surface area contributed by atoms with E-state index in [2.05, 4.69) is 26.6 Å². The summed E-state index contributed by atoms with van der Waals surface area (Å²) >= 11 is 3.54. The first-order valence-corrected chi connectivity index (χ1v) is 11.2. The Hall–Kier alpha value is -3.64. The molecule has 1 aromatic heterocycles. The average Bonchev–Trinajstić information content (AvgIpc) is 3.14. The quantitative estimate of drug-likeness (QED) is 0.297. The molecular formula is C27H20BrFN2O2. The van der Waals surface area contributed by atoms with Gasteiger partial charge < -0.3 is 15.0 Å². The zero-order valence-electron chi connectivity index (χ0n) is 17.8. The fourth-order valence-electron chi connectivity index (χ4n) is 4.32. The van der Waals surface area contributed by atoms with E-state index in [4.69, 9.17) is 10.5 Å². The SMILES string of the molecule is COc1ccc(-c2ccc3c4c(C(N)=O)cccc4n(Cc4cc(F)ccc4Br)c3c2)cc1. The number of primary amides is 1. The van der Waals surface area contributed by atoms with E-state index in [-0.39, 0.29) is 5.82 Å². The summed E-state index contributed by atoms with van der Waals surface area (Å²) in [7, 11) is 1.64. The lowest BCUT2D eigenvalue weighted by atomic mass is 10.0. The van der Waals surface area contributed by atoms with E-state index < -0.39 is 5.91 Å². The Balaban J connectivity index is 1.78. The van der Waals surface area contributed by atoms with Crippen molar-refractivity contribution in [3.05, 3.63) is 100 Å². The third-order valence-corrected chi connectivity index (χ3v) is 6.69. The zero-order valence-corrected chi connectivity index (χ0v) is 19.4. The first-order chi connectivity index (χ1) is 16.0. The van der Waals surface area contributed by atoms with Gasteiger partial charge in [-0.3, -0.25) is 4.79 Å². The van der Waals surface area contributed by atoms with Crippen LogP contribution in [0.25, 0.3) is 32.9 Å². The van der Waals surface area contributed by atoms with Crippen molar-refractivity contribution in [2.24, 2.45) is 5.73 Å². The van der Waals surface area contributed by atoms with Gasteiger partial charge in [0, 0.05) is 27.4 Å². The van der Waals surface area contributed by atoms with E-state index >= 15 is 0 Å². The minimum Gasteiger partial charge on any atom is -0.497 e. The molecule has 0 unspecified atom stereocenters. The normalized spacial score (nSPS) is 11.2. The molecule has 164 valence electrons. The number of amides is 1. The maximum absolute atomic E-state index is 14.0. The number of halogens is 2. The number of ether oxygens (including phenoxy) is 1. The number of nitrogens with two attached hydrogens (primary N) is 1. The van der Waals surface area contributed by atoms with Crippen LogP contribution in [0.4, 0.5) is 4.39 Å². The smallest absolute Gasteiger partial charge is 0.249 e. The predicted molar refractivity (Wildman–Crippen MR) is 133 cm³/mol. The highest BCUT2D eigenvalue weighted by Gasteiger charge is 2.18. The second-order valence-electron chi connectivity index (χ2n) is 7.85. The van der Waals surface area contributed by atoms with E-state index in [1.807, 2.05) is 48.5 Å². The first kappa shape index (κ1) is 21.2. The largest absolute Gasteiger partial charge is 0.497 e. The molecule has 0 bridgehead atoms. The second kappa shape index (κ2) is 8.37. The molecule has 4 nitrogen and oxygen atoms in total. The Labute approximate surface area is 198 Å². The van der Waals surface area contributed by atoms with Crippen LogP contribution in [-0.2, 0) is 6.54 Å². The second-order valence-corrected chi connectivity index (χ2v) is 8.70. The molecule has 2 N–H and O–H groups in total. The van der Waals surface area contributed by atoms with Gasteiger partial charge in [-0.25, -0.2) is 4.39 Å². The molecule has 4 aromatic carbocycles. The van der Waals surface area contributed by atoms with E-state index in [0.717, 1.165) is 48.7 Å². The third kappa shape index (κ3) is 3.76. The van der Waals surface area contributed by atoms with Gasteiger partial charge in [0.2, 0.25) is 5.91 Å². The monoisotopic (exact) mass is 502 g/mol. The topological polar surface area (TPSA) is 57.2 Å². The summed E-state index contributed by atoms with van der Waals surface area (Å²) in [5.41, 5.74) is 10.8. The lowest BCUT2D eigenvalue weighted by molar-refractivity contribution is 0.100. The summed E-state index contributed by atoms with van der Waals surface area (Å²) in [5, 5.41) is 1.72. The van der Waals surface area contributed by atoms with Gasteiger partial charge in [0.25, 0.3) is 0 Å². The van der Waals surface area contributed by atoms with Gasteiger partial charge in [-0.1, -0.05) is 46.3 Å². The summed E-state index contributed by atoms with van der Waals surface area (Å²) < 4.78 is 22.2. The van der Waals surface area contributed by atoms with Gasteiger partial charge in [-0.15, -0.1) is 0 Å². The number of methoxy groups -OCH3 is 1. The van der Waals surface area contributed by atoms with Crippen molar-refractivity contribution < 1.29 is 13.9 Å². The van der Waals surface area contributed by atoms with Crippen LogP contribution in [0.3, 0.4) is 0 Å². The Morgan fingerprint density at radius 3 is 2.45 bits per heavy atom. The van der Waals surface area contributed by atoms with E-state index in [0.29, 0.717) is 12.1 Å². The minimum absolute atomic E-state index is 0.300. The standard InChI is InChI=1S/C27H20BrFN2O2/c1-33-20-9-5-16(6-10-20)17-7-11-21-25(14-17)31(15-18-13-19(29)8-12-23(18)28)24-4-2-3-22(26(21)24)27(30)32/h2-14H,15H2,1H3,(H2,30,32). The molecule has 0 atom stereocenters. The highest BCUT2D eigenvalue weighted by Crippen LogP contribution is 2.36. The highest BCUT2D eigenvalue weighted by molar-refractivity contribution is 9.10. The number of fused-ring (bicyclic) bond motifs is 3. The summed E-state index contributed by atoms with van der Waals surface area (Å²) in [4.78, 5) is 12.2. The molecule has 1 heterocycles. The number of benzene rings is 4. The third-order valence-electron chi connectivity index (χ3n) is 5.92. The molecule has 0 aliphatic heterocycles. The summed E-state index contributed by atoms with van der Waals surface area (Å²) in [6.45, 7) is 0.423. The van der Waals surface area contributed by atoms with Crippen molar-refractivity contribution in [3.63, 3.8) is 0 Å². The minimum atomic E-state index is -0.481. The fraction of sp³-hybridized carbons (Fsp3) is 0.0741. The zero-order chi connectivity index (χ0) is 23.1. The van der Waals surface area contributed by atoms with Crippen LogP contribution in [0.15, 0.2) is 83.3 Å². The number of hydrogen-bond acceptors (Lipinski definition) is 2. The van der Waals surface area contributed by atoms with Crippen LogP contribution >= 0.6 is 15.9 Å². The lowest BCUT2D eigenvalue weighted by Gasteiger charge is -2.11. The van der Waals surface area contributed by atoms with Crippen molar-refractivity contribution in [1.29, 1.82) is 0 Å². The van der Waals surface area contributed by atoms with Crippen LogP contribution in [0.2, 0.25) is 0 Å². The van der Waals surface area contributed by atoms with Crippen molar-refractivity contribution in [1.82, 2.24) is 4.57 Å². The van der Waals surface area contributed by atoms with Crippen LogP contribution in [-0.4, -0.2) is 17.6 Å². The van der Waals surface area contributed by atoms with Gasteiger partial charge in [0.1, 0.15) is 11.6 Å². The van der Waals surface area contributed by atoms with Crippen LogP contribution in [0, 0.1) is 5.82 Å². The van der Waals surface area contributed by atoms with Crippen molar-refractivity contribution in [3.8, 4) is 16.9 Å². The predicted octanol–water partition coefficient (Wildman–Crippen LogP) is 6.52. The van der Waals surface area contributed by atoms with Gasteiger partial charge in [-0.05, 0) is 65.2 Å². The van der Waals surface area contributed by atoms with Crippen molar-refractivity contribution in [2.75, 3.05) is 7.11 Å². The molecule has 0 fully saturated rings. The van der Waals surface area contributed by atoms with Crippen molar-refractivity contribution in [2.45, 2.75) is 6.54 Å². The first-order valence-electron chi connectivity index (χ1n) is 10.4. The fourth-order valence-corrected chi connectivity index (χ4v) is 4.69. The molecule has 0 spiro atoms. The number of carbonyl (C=O) groups excluding carboxylic acids is 1. The Bertz CT molecular complexity index is 1520. The van der Waals surface area contributed by atoms with Gasteiger partial charge in [-0.2, -0.15) is 0 Å². The summed E-state index contributed by atoms with van der Waals surface area (Å²) in [5.74, 6) is 0.00697. The van der Waals surface area contributed by atoms with Crippen LogP contribution < -0.4 is 10.5 Å². The molecular weight excluding hydrogens is 483 g/mol. The molecule has 0 aliphatic carbocycles. The summed E-state index contributed by atoms with van der Waals surface area (Å²) in [6, 6.07) is 24.2. The van der Waals surface area contributed by atoms with Crippen LogP contribution in [0.5, 0.6) is 5.75 Å². The molecule has 1 amide bonds. The molecule has 6 heteroatoms. The Morgan fingerprint density at radius 2 is 1.73 bits per heavy atom. The molecule has 0 saturated heterocycles. The Kier molecular flexibility index (Phi) is 5.38. The van der Waals surface area contributed by atoms with Crippen LogP contribution in [0.1, 0.15) is 15.9 Å². The maximum atomic E-state index is 14.0. The van der Waals surface area contributed by atoms with Gasteiger partial charge >= 0.3 is 0 Å². The maximum Gasteiger partial charge on any atom is 0.249 e. The van der Waals surface area contributed by atoms with Gasteiger partial charge in [0.05, 0.1) is 18.1 Å². The molecule has 5 aromatic rings. The number of hydrogen-bond donors (Lipinski definition) is 1. The Morgan fingerprint density at radius 1 is 0.970 bits per heavy atom. The molecule has 0 saturated carbocycles. The number of nitrogens with zero attached hydrogens (tertiary/aromatic N) is 1. The molecule has 33 heavy (non-hydrogen) atoms. The molecule has 0 aliphatic rings. The lowest BCUT2D eigenvalue weighted by Crippen LogP contribution is -2.11.